The Kier molecular flexibility index (Phi) is 3.70. The van der Waals surface area contributed by atoms with Crippen LogP contribution in [0.4, 0.5) is 5.69 Å². The number of nitrogens with zero attached hydrogens (tertiary/aromatic N) is 1. The number of nitrogen functional groups attached to an aromatic ring is 1. The van der Waals surface area contributed by atoms with Gasteiger partial charge in [0.1, 0.15) is 12.4 Å². The molecule has 4 rings (SSSR count). The van der Waals surface area contributed by atoms with E-state index in [0.29, 0.717) is 17.8 Å². The van der Waals surface area contributed by atoms with Crippen molar-refractivity contribution >= 4 is 26.6 Å². The second kappa shape index (κ2) is 5.79. The van der Waals surface area contributed by atoms with Crippen molar-refractivity contribution in [3.8, 4) is 5.75 Å². The Morgan fingerprint density at radius 1 is 1.20 bits per heavy atom. The summed E-state index contributed by atoms with van der Waals surface area (Å²) < 4.78 is 33.1. The van der Waals surface area contributed by atoms with Crippen LogP contribution in [0.5, 0.6) is 5.75 Å². The van der Waals surface area contributed by atoms with Gasteiger partial charge in [0.2, 0.25) is 0 Å². The van der Waals surface area contributed by atoms with Crippen molar-refractivity contribution in [3.05, 3.63) is 54.2 Å². The zero-order valence-corrected chi connectivity index (χ0v) is 14.6. The molecule has 1 aliphatic heterocycles. The lowest BCUT2D eigenvalue weighted by atomic mass is 10.0. The van der Waals surface area contributed by atoms with Crippen molar-refractivity contribution in [1.29, 1.82) is 0 Å². The summed E-state index contributed by atoms with van der Waals surface area (Å²) in [6, 6.07) is 11.9. The number of benzene rings is 2. The highest BCUT2D eigenvalue weighted by Gasteiger charge is 2.26. The van der Waals surface area contributed by atoms with Crippen LogP contribution in [0.2, 0.25) is 0 Å². The van der Waals surface area contributed by atoms with E-state index >= 15 is 0 Å². The van der Waals surface area contributed by atoms with Gasteiger partial charge < -0.3 is 15.8 Å². The van der Waals surface area contributed by atoms with Crippen molar-refractivity contribution in [1.82, 2.24) is 9.29 Å². The minimum atomic E-state index is -3.72. The van der Waals surface area contributed by atoms with Crippen LogP contribution in [-0.4, -0.2) is 25.5 Å². The van der Waals surface area contributed by atoms with Crippen molar-refractivity contribution < 1.29 is 13.2 Å². The third-order valence-electron chi connectivity index (χ3n) is 4.51. The number of hydrogen-bond donors (Lipinski definition) is 2. The Morgan fingerprint density at radius 3 is 2.72 bits per heavy atom. The molecule has 2 heterocycles. The number of anilines is 1. The molecule has 130 valence electrons. The molecule has 0 radical (unpaired) electrons. The zero-order valence-electron chi connectivity index (χ0n) is 13.8. The molecular weight excluding hydrogens is 338 g/mol. The molecule has 0 bridgehead atoms. The Hall–Kier alpha value is -2.51. The maximum atomic E-state index is 13.0. The molecule has 0 saturated heterocycles. The second-order valence-corrected chi connectivity index (χ2v) is 7.91. The first-order valence-electron chi connectivity index (χ1n) is 8.10. The summed E-state index contributed by atoms with van der Waals surface area (Å²) in [6.07, 6.45) is 1.48. The topological polar surface area (TPSA) is 86.3 Å². The van der Waals surface area contributed by atoms with Crippen LogP contribution in [0.25, 0.3) is 10.9 Å². The van der Waals surface area contributed by atoms with E-state index in [1.54, 1.807) is 36.4 Å². The lowest BCUT2D eigenvalue weighted by Crippen LogP contribution is -2.20. The van der Waals surface area contributed by atoms with E-state index in [4.69, 9.17) is 10.5 Å². The molecule has 0 aliphatic carbocycles. The third-order valence-corrected chi connectivity index (χ3v) is 6.20. The molecule has 0 saturated carbocycles. The minimum absolute atomic E-state index is 0.0128. The van der Waals surface area contributed by atoms with Crippen LogP contribution in [0, 0.1) is 0 Å². The van der Waals surface area contributed by atoms with E-state index in [9.17, 15) is 8.42 Å². The highest BCUT2D eigenvalue weighted by Crippen LogP contribution is 2.39. The highest BCUT2D eigenvalue weighted by atomic mass is 32.2. The summed E-state index contributed by atoms with van der Waals surface area (Å²) in [5.41, 5.74) is 8.09. The molecule has 0 spiro atoms. The first kappa shape index (κ1) is 16.0. The molecule has 0 fully saturated rings. The van der Waals surface area contributed by atoms with Crippen LogP contribution >= 0.6 is 0 Å². The molecule has 3 N–H and O–H groups in total. The SMILES string of the molecule is CC1NCCOc2ccc3c(c(N)cn3S(=O)(=O)c3ccccc3)c21. The van der Waals surface area contributed by atoms with Crippen molar-refractivity contribution in [2.75, 3.05) is 18.9 Å². The summed E-state index contributed by atoms with van der Waals surface area (Å²) in [4.78, 5) is 0.226. The Morgan fingerprint density at radius 2 is 1.96 bits per heavy atom. The van der Waals surface area contributed by atoms with Crippen molar-refractivity contribution in [2.24, 2.45) is 0 Å². The van der Waals surface area contributed by atoms with Gasteiger partial charge in [-0.2, -0.15) is 0 Å². The Balaban J connectivity index is 2.00. The molecule has 1 aromatic heterocycles. The molecule has 6 nitrogen and oxygen atoms in total. The maximum absolute atomic E-state index is 13.0. The molecule has 1 unspecified atom stereocenters. The van der Waals surface area contributed by atoms with Crippen molar-refractivity contribution in [2.45, 2.75) is 17.9 Å². The van der Waals surface area contributed by atoms with E-state index in [0.717, 1.165) is 23.2 Å². The van der Waals surface area contributed by atoms with Crippen LogP contribution < -0.4 is 15.8 Å². The number of nitrogens with two attached hydrogens (primary N) is 1. The zero-order chi connectivity index (χ0) is 17.6. The van der Waals surface area contributed by atoms with E-state index in [-0.39, 0.29) is 10.9 Å². The van der Waals surface area contributed by atoms with E-state index in [1.807, 2.05) is 13.0 Å². The summed E-state index contributed by atoms with van der Waals surface area (Å²) in [7, 11) is -3.72. The van der Waals surface area contributed by atoms with Gasteiger partial charge in [-0.15, -0.1) is 0 Å². The van der Waals surface area contributed by atoms with Gasteiger partial charge in [0.15, 0.2) is 0 Å². The Bertz CT molecular complexity index is 1040. The number of hydrogen-bond acceptors (Lipinski definition) is 5. The van der Waals surface area contributed by atoms with Gasteiger partial charge in [-0.05, 0) is 31.2 Å². The average molecular weight is 357 g/mol. The first-order chi connectivity index (χ1) is 12.0. The monoisotopic (exact) mass is 357 g/mol. The quantitative estimate of drug-likeness (QED) is 0.736. The lowest BCUT2D eigenvalue weighted by Gasteiger charge is -2.15. The fourth-order valence-electron chi connectivity index (χ4n) is 3.34. The van der Waals surface area contributed by atoms with E-state index in [2.05, 4.69) is 5.32 Å². The molecule has 0 amide bonds. The van der Waals surface area contributed by atoms with E-state index < -0.39 is 10.0 Å². The molecule has 25 heavy (non-hydrogen) atoms. The number of aromatic nitrogens is 1. The van der Waals surface area contributed by atoms with Gasteiger partial charge in [0.05, 0.1) is 16.1 Å². The van der Waals surface area contributed by atoms with Crippen LogP contribution in [0.3, 0.4) is 0 Å². The fraction of sp³-hybridized carbons (Fsp3) is 0.222. The number of ether oxygens (including phenoxy) is 1. The molecule has 1 atom stereocenters. The van der Waals surface area contributed by atoms with Gasteiger partial charge in [0.25, 0.3) is 10.0 Å². The molecule has 7 heteroatoms. The summed E-state index contributed by atoms with van der Waals surface area (Å²) in [5, 5.41) is 4.08. The average Bonchev–Trinajstić information content (AvgIpc) is 2.85. The number of fused-ring (bicyclic) bond motifs is 3. The van der Waals surface area contributed by atoms with Crippen LogP contribution in [-0.2, 0) is 10.0 Å². The molecular formula is C18H19N3O3S. The van der Waals surface area contributed by atoms with Gasteiger partial charge in [-0.25, -0.2) is 12.4 Å². The fourth-order valence-corrected chi connectivity index (χ4v) is 4.73. The second-order valence-electron chi connectivity index (χ2n) is 6.09. The summed E-state index contributed by atoms with van der Waals surface area (Å²) in [5.74, 6) is 0.742. The molecule has 1 aliphatic rings. The predicted molar refractivity (Wildman–Crippen MR) is 97.3 cm³/mol. The minimum Gasteiger partial charge on any atom is -0.492 e. The van der Waals surface area contributed by atoms with Gasteiger partial charge >= 0.3 is 0 Å². The standard InChI is InChI=1S/C18H19N3O3S/c1-12-17-16(24-10-9-20-12)8-7-15-18(17)14(19)11-21(15)25(22,23)13-5-3-2-4-6-13/h2-8,11-12,20H,9-10,19H2,1H3. The predicted octanol–water partition coefficient (Wildman–Crippen LogP) is 2.50. The van der Waals surface area contributed by atoms with E-state index in [1.165, 1.54) is 10.2 Å². The normalized spacial score (nSPS) is 17.7. The van der Waals surface area contributed by atoms with Crippen molar-refractivity contribution in [3.63, 3.8) is 0 Å². The van der Waals surface area contributed by atoms with Gasteiger partial charge in [-0.1, -0.05) is 18.2 Å². The van der Waals surface area contributed by atoms with Crippen LogP contribution in [0.1, 0.15) is 18.5 Å². The number of nitrogens with one attached hydrogen (secondary N) is 1. The summed E-state index contributed by atoms with van der Waals surface area (Å²) in [6.45, 7) is 3.31. The smallest absolute Gasteiger partial charge is 0.268 e. The van der Waals surface area contributed by atoms with Gasteiger partial charge in [0, 0.05) is 29.7 Å². The molecule has 3 aromatic rings. The largest absolute Gasteiger partial charge is 0.492 e. The Labute approximate surface area is 146 Å². The molecule has 2 aromatic carbocycles. The highest BCUT2D eigenvalue weighted by molar-refractivity contribution is 7.90. The first-order valence-corrected chi connectivity index (χ1v) is 9.54. The lowest BCUT2D eigenvalue weighted by molar-refractivity contribution is 0.325. The third kappa shape index (κ3) is 2.47. The maximum Gasteiger partial charge on any atom is 0.268 e. The summed E-state index contributed by atoms with van der Waals surface area (Å²) >= 11 is 0. The van der Waals surface area contributed by atoms with Crippen LogP contribution in [0.15, 0.2) is 53.6 Å². The van der Waals surface area contributed by atoms with Gasteiger partial charge in [-0.3, -0.25) is 0 Å². The number of rotatable bonds is 2.